The molecule has 0 spiro atoms. The van der Waals surface area contributed by atoms with E-state index in [9.17, 15) is 4.79 Å². The molecule has 1 aromatic heterocycles. The number of ether oxygens (including phenoxy) is 2. The topological polar surface area (TPSA) is 61.3 Å². The summed E-state index contributed by atoms with van der Waals surface area (Å²) >= 11 is 0. The number of aryl methyl sites for hydroxylation is 1. The van der Waals surface area contributed by atoms with Crippen LogP contribution in [-0.2, 0) is 16.0 Å². The molecule has 0 radical (unpaired) electrons. The zero-order valence-electron chi connectivity index (χ0n) is 25.1. The lowest BCUT2D eigenvalue weighted by Crippen LogP contribution is -2.14. The van der Waals surface area contributed by atoms with Gasteiger partial charge in [0.1, 0.15) is 0 Å². The highest BCUT2D eigenvalue weighted by molar-refractivity contribution is 5.69. The summed E-state index contributed by atoms with van der Waals surface area (Å²) in [5.41, 5.74) is 2.28. The van der Waals surface area contributed by atoms with Crippen molar-refractivity contribution in [2.75, 3.05) is 6.61 Å². The minimum atomic E-state index is -0.0491. The number of hydrogen-bond acceptors (Lipinski definition) is 5. The van der Waals surface area contributed by atoms with Gasteiger partial charge in [-0.1, -0.05) is 115 Å². The van der Waals surface area contributed by atoms with Crippen LogP contribution in [0.5, 0.6) is 5.75 Å². The van der Waals surface area contributed by atoms with Gasteiger partial charge in [-0.05, 0) is 44.6 Å². The lowest BCUT2D eigenvalue weighted by molar-refractivity contribution is -0.148. The molecule has 0 aliphatic carbocycles. The first kappa shape index (κ1) is 32.8. The predicted octanol–water partition coefficient (Wildman–Crippen LogP) is 9.67. The molecule has 1 heterocycles. The van der Waals surface area contributed by atoms with E-state index in [4.69, 9.17) is 9.47 Å². The van der Waals surface area contributed by atoms with Crippen LogP contribution in [0.4, 0.5) is 0 Å². The Morgan fingerprint density at radius 3 is 1.92 bits per heavy atom. The van der Waals surface area contributed by atoms with Gasteiger partial charge in [0.15, 0.2) is 11.6 Å². The summed E-state index contributed by atoms with van der Waals surface area (Å²) in [5, 5.41) is 0. The van der Waals surface area contributed by atoms with E-state index < -0.39 is 0 Å². The van der Waals surface area contributed by atoms with Crippen LogP contribution in [0.2, 0.25) is 0 Å². The van der Waals surface area contributed by atoms with E-state index in [1.54, 1.807) is 12.4 Å². The largest absolute Gasteiger partial charge is 0.490 e. The molecule has 0 bridgehead atoms. The number of aromatic nitrogens is 2. The second-order valence-corrected chi connectivity index (χ2v) is 11.0. The Morgan fingerprint density at radius 1 is 0.744 bits per heavy atom. The molecule has 1 atom stereocenters. The molecule has 0 saturated carbocycles. The predicted molar refractivity (Wildman–Crippen MR) is 162 cm³/mol. The lowest BCUT2D eigenvalue weighted by atomic mass is 10.0. The number of rotatable bonds is 23. The van der Waals surface area contributed by atoms with Gasteiger partial charge in [-0.15, -0.1) is 0 Å². The summed E-state index contributed by atoms with van der Waals surface area (Å²) in [4.78, 5) is 21.1. The van der Waals surface area contributed by atoms with Gasteiger partial charge in [0, 0.05) is 12.0 Å². The standard InChI is InChI=1S/C34H54N2O3/c1-4-6-8-10-12-13-15-17-26-38-32-27-35-34(36-28-32)31-24-22-30(23-25-31)20-18-19-29(3)39-33(37)21-16-14-11-9-7-5-2/h22-25,27-29H,4-21,26H2,1-3H3. The average molecular weight is 539 g/mol. The number of hydrogen-bond donors (Lipinski definition) is 0. The molecule has 0 N–H and O–H groups in total. The number of carbonyl (C=O) groups is 1. The number of unbranched alkanes of at least 4 members (excludes halogenated alkanes) is 12. The number of benzene rings is 1. The zero-order valence-corrected chi connectivity index (χ0v) is 25.1. The Labute approximate surface area is 238 Å². The fourth-order valence-corrected chi connectivity index (χ4v) is 4.77. The Balaban J connectivity index is 1.59. The molecule has 218 valence electrons. The van der Waals surface area contributed by atoms with E-state index in [1.807, 2.05) is 6.92 Å². The third-order valence-corrected chi connectivity index (χ3v) is 7.25. The summed E-state index contributed by atoms with van der Waals surface area (Å²) in [6.45, 7) is 7.21. The molecular weight excluding hydrogens is 484 g/mol. The molecule has 0 aliphatic heterocycles. The van der Waals surface area contributed by atoms with Crippen LogP contribution < -0.4 is 4.74 Å². The molecule has 5 nitrogen and oxygen atoms in total. The van der Waals surface area contributed by atoms with Crippen molar-refractivity contribution >= 4 is 5.97 Å². The van der Waals surface area contributed by atoms with Gasteiger partial charge in [-0.2, -0.15) is 0 Å². The number of nitrogens with zero attached hydrogens (tertiary/aromatic N) is 2. The maximum absolute atomic E-state index is 12.1. The van der Waals surface area contributed by atoms with E-state index in [0.717, 1.165) is 56.4 Å². The summed E-state index contributed by atoms with van der Waals surface area (Å²) in [7, 11) is 0. The van der Waals surface area contributed by atoms with Crippen molar-refractivity contribution in [3.05, 3.63) is 42.2 Å². The number of esters is 1. The summed E-state index contributed by atoms with van der Waals surface area (Å²) in [6.07, 6.45) is 24.4. The van der Waals surface area contributed by atoms with Crippen LogP contribution in [0.25, 0.3) is 11.4 Å². The van der Waals surface area contributed by atoms with E-state index in [2.05, 4.69) is 48.1 Å². The van der Waals surface area contributed by atoms with Crippen LogP contribution in [-0.4, -0.2) is 28.6 Å². The van der Waals surface area contributed by atoms with Crippen molar-refractivity contribution in [2.45, 2.75) is 142 Å². The molecule has 0 amide bonds. The fraction of sp³-hybridized carbons (Fsp3) is 0.676. The molecule has 0 aliphatic rings. The van der Waals surface area contributed by atoms with E-state index in [-0.39, 0.29) is 12.1 Å². The highest BCUT2D eigenvalue weighted by Gasteiger charge is 2.10. The molecule has 39 heavy (non-hydrogen) atoms. The van der Waals surface area contributed by atoms with E-state index in [1.165, 1.54) is 76.2 Å². The van der Waals surface area contributed by atoms with Crippen LogP contribution in [0.1, 0.15) is 135 Å². The second kappa shape index (κ2) is 21.4. The van der Waals surface area contributed by atoms with Crippen molar-refractivity contribution in [2.24, 2.45) is 0 Å². The molecule has 1 aromatic carbocycles. The van der Waals surface area contributed by atoms with Crippen LogP contribution in [0.15, 0.2) is 36.7 Å². The first-order valence-corrected chi connectivity index (χ1v) is 15.9. The van der Waals surface area contributed by atoms with Crippen molar-refractivity contribution in [1.29, 1.82) is 0 Å². The quantitative estimate of drug-likeness (QED) is 0.104. The molecule has 1 unspecified atom stereocenters. The highest BCUT2D eigenvalue weighted by atomic mass is 16.5. The molecule has 2 aromatic rings. The SMILES string of the molecule is CCCCCCCCCCOc1cnc(-c2ccc(CCCC(C)OC(=O)CCCCCCCC)cc2)nc1. The van der Waals surface area contributed by atoms with Gasteiger partial charge in [0.2, 0.25) is 0 Å². The van der Waals surface area contributed by atoms with Crippen molar-refractivity contribution in [3.63, 3.8) is 0 Å². The molecule has 5 heteroatoms. The maximum atomic E-state index is 12.1. The number of carbonyl (C=O) groups excluding carboxylic acids is 1. The monoisotopic (exact) mass is 538 g/mol. The molecular formula is C34H54N2O3. The summed E-state index contributed by atoms with van der Waals surface area (Å²) < 4.78 is 11.4. The highest BCUT2D eigenvalue weighted by Crippen LogP contribution is 2.19. The molecule has 0 saturated heterocycles. The third-order valence-electron chi connectivity index (χ3n) is 7.25. The minimum absolute atomic E-state index is 0.0263. The van der Waals surface area contributed by atoms with E-state index in [0.29, 0.717) is 12.2 Å². The Hall–Kier alpha value is -2.43. The van der Waals surface area contributed by atoms with Gasteiger partial charge < -0.3 is 9.47 Å². The van der Waals surface area contributed by atoms with Gasteiger partial charge in [-0.25, -0.2) is 9.97 Å². The van der Waals surface area contributed by atoms with Gasteiger partial charge in [0.25, 0.3) is 0 Å². The van der Waals surface area contributed by atoms with Crippen LogP contribution in [0, 0.1) is 0 Å². The molecule has 2 rings (SSSR count). The first-order chi connectivity index (χ1) is 19.1. The van der Waals surface area contributed by atoms with Gasteiger partial charge in [0.05, 0.1) is 25.1 Å². The lowest BCUT2D eigenvalue weighted by Gasteiger charge is -2.13. The van der Waals surface area contributed by atoms with Crippen LogP contribution in [0.3, 0.4) is 0 Å². The average Bonchev–Trinajstić information content (AvgIpc) is 2.95. The third kappa shape index (κ3) is 15.7. The van der Waals surface area contributed by atoms with Crippen molar-refractivity contribution < 1.29 is 14.3 Å². The first-order valence-electron chi connectivity index (χ1n) is 15.9. The van der Waals surface area contributed by atoms with Gasteiger partial charge >= 0.3 is 5.97 Å². The molecule has 0 fully saturated rings. The van der Waals surface area contributed by atoms with Crippen molar-refractivity contribution in [3.8, 4) is 17.1 Å². The van der Waals surface area contributed by atoms with Gasteiger partial charge in [-0.3, -0.25) is 4.79 Å². The minimum Gasteiger partial charge on any atom is -0.490 e. The Bertz CT molecular complexity index is 867. The van der Waals surface area contributed by atoms with Crippen LogP contribution >= 0.6 is 0 Å². The summed E-state index contributed by atoms with van der Waals surface area (Å²) in [5.74, 6) is 1.40. The second-order valence-electron chi connectivity index (χ2n) is 11.0. The Kier molecular flexibility index (Phi) is 18.0. The zero-order chi connectivity index (χ0) is 28.0. The normalized spacial score (nSPS) is 11.9. The van der Waals surface area contributed by atoms with E-state index >= 15 is 0 Å². The van der Waals surface area contributed by atoms with Crippen molar-refractivity contribution in [1.82, 2.24) is 9.97 Å². The maximum Gasteiger partial charge on any atom is 0.306 e. The Morgan fingerprint density at radius 2 is 1.31 bits per heavy atom. The summed E-state index contributed by atoms with van der Waals surface area (Å²) in [6, 6.07) is 8.44. The fourth-order valence-electron chi connectivity index (χ4n) is 4.77. The smallest absolute Gasteiger partial charge is 0.306 e.